The molecule has 0 atom stereocenters. The lowest BCUT2D eigenvalue weighted by molar-refractivity contribution is -0.385. The van der Waals surface area contributed by atoms with Crippen LogP contribution in [-0.4, -0.2) is 31.3 Å². The van der Waals surface area contributed by atoms with Crippen LogP contribution in [0, 0.1) is 10.1 Å². The second-order valence-corrected chi connectivity index (χ2v) is 5.65. The molecule has 0 fully saturated rings. The second kappa shape index (κ2) is 8.25. The van der Waals surface area contributed by atoms with Gasteiger partial charge in [-0.05, 0) is 24.3 Å². The second-order valence-electron chi connectivity index (χ2n) is 4.73. The van der Waals surface area contributed by atoms with Crippen LogP contribution in [0.25, 0.3) is 0 Å². The van der Waals surface area contributed by atoms with Crippen LogP contribution in [0.1, 0.15) is 15.9 Å². The Morgan fingerprint density at radius 1 is 1.24 bits per heavy atom. The van der Waals surface area contributed by atoms with Gasteiger partial charge >= 0.3 is 0 Å². The smallest absolute Gasteiger partial charge is 0.282 e. The van der Waals surface area contributed by atoms with Gasteiger partial charge in [0.25, 0.3) is 11.6 Å². The molecule has 0 aliphatic carbocycles. The molecule has 0 radical (unpaired) electrons. The van der Waals surface area contributed by atoms with Crippen LogP contribution in [0.5, 0.6) is 11.5 Å². The summed E-state index contributed by atoms with van der Waals surface area (Å²) < 4.78 is 10.9. The van der Waals surface area contributed by atoms with Crippen LogP contribution < -0.4 is 14.9 Å². The molecule has 130 valence electrons. The maximum Gasteiger partial charge on any atom is 0.282 e. The van der Waals surface area contributed by atoms with Gasteiger partial charge in [-0.25, -0.2) is 5.43 Å². The summed E-state index contributed by atoms with van der Waals surface area (Å²) in [5.74, 6) is 0.0954. The summed E-state index contributed by atoms with van der Waals surface area (Å²) in [5.41, 5.74) is 2.66. The summed E-state index contributed by atoms with van der Waals surface area (Å²) in [6.45, 7) is 0. The molecule has 0 aliphatic heterocycles. The highest BCUT2D eigenvalue weighted by Crippen LogP contribution is 2.33. The van der Waals surface area contributed by atoms with Gasteiger partial charge in [0, 0.05) is 10.0 Å². The normalized spacial score (nSPS) is 10.5. The van der Waals surface area contributed by atoms with Gasteiger partial charge in [0.05, 0.1) is 37.0 Å². The topological polar surface area (TPSA) is 103 Å². The molecule has 1 N–H and O–H groups in total. The van der Waals surface area contributed by atoms with Gasteiger partial charge in [0.1, 0.15) is 0 Å². The third-order valence-corrected chi connectivity index (χ3v) is 3.68. The van der Waals surface area contributed by atoms with E-state index >= 15 is 0 Å². The van der Waals surface area contributed by atoms with E-state index in [9.17, 15) is 14.9 Å². The molecule has 8 nitrogen and oxygen atoms in total. The Hall–Kier alpha value is -2.94. The van der Waals surface area contributed by atoms with Crippen molar-refractivity contribution in [1.82, 2.24) is 5.43 Å². The number of hydrazone groups is 1. The first-order valence-electron chi connectivity index (χ1n) is 6.95. The highest BCUT2D eigenvalue weighted by Gasteiger charge is 2.18. The van der Waals surface area contributed by atoms with E-state index in [1.165, 1.54) is 32.6 Å². The van der Waals surface area contributed by atoms with Gasteiger partial charge in [-0.15, -0.1) is 0 Å². The van der Waals surface area contributed by atoms with Gasteiger partial charge in [-0.2, -0.15) is 5.10 Å². The predicted octanol–water partition coefficient (Wildman–Crippen LogP) is 3.14. The summed E-state index contributed by atoms with van der Waals surface area (Å²) in [5, 5.41) is 15.0. The van der Waals surface area contributed by atoms with E-state index in [2.05, 4.69) is 26.5 Å². The van der Waals surface area contributed by atoms with Crippen LogP contribution in [0.15, 0.2) is 46.0 Å². The number of nitrogens with zero attached hydrogens (tertiary/aromatic N) is 2. The highest BCUT2D eigenvalue weighted by atomic mass is 79.9. The predicted molar refractivity (Wildman–Crippen MR) is 95.4 cm³/mol. The van der Waals surface area contributed by atoms with E-state index in [0.29, 0.717) is 11.3 Å². The zero-order valence-electron chi connectivity index (χ0n) is 13.4. The largest absolute Gasteiger partial charge is 0.493 e. The van der Waals surface area contributed by atoms with Crippen LogP contribution in [0.3, 0.4) is 0 Å². The molecule has 25 heavy (non-hydrogen) atoms. The van der Waals surface area contributed by atoms with Crippen molar-refractivity contribution in [3.8, 4) is 11.5 Å². The number of nitrogens with one attached hydrogen (secondary N) is 1. The van der Waals surface area contributed by atoms with E-state index in [1.807, 2.05) is 0 Å². The number of carbonyl (C=O) groups excluding carboxylic acids is 1. The summed E-state index contributed by atoms with van der Waals surface area (Å²) in [6.07, 6.45) is 1.18. The first-order chi connectivity index (χ1) is 12.0. The standard InChI is InChI=1S/C16H14BrN3O5/c1-24-14-7-11(13(20(22)23)8-15(14)25-2)9-18-19-16(21)10-4-3-5-12(17)6-10/h3-9H,1-2H3,(H,19,21)/b18-9-. The SMILES string of the molecule is COc1cc(/C=N\NC(=O)c2cccc(Br)c2)c([N+](=O)[O-])cc1OC. The molecule has 0 saturated heterocycles. The monoisotopic (exact) mass is 407 g/mol. The molecule has 0 saturated carbocycles. The molecule has 1 amide bonds. The van der Waals surface area contributed by atoms with E-state index in [-0.39, 0.29) is 17.0 Å². The van der Waals surface area contributed by atoms with Crippen LogP contribution in [0.4, 0.5) is 5.69 Å². The Kier molecular flexibility index (Phi) is 6.07. The number of nitro groups is 1. The quantitative estimate of drug-likeness (QED) is 0.450. The Morgan fingerprint density at radius 2 is 1.92 bits per heavy atom. The minimum Gasteiger partial charge on any atom is -0.493 e. The number of rotatable bonds is 6. The van der Waals surface area contributed by atoms with E-state index in [0.717, 1.165) is 4.47 Å². The fourth-order valence-electron chi connectivity index (χ4n) is 2.00. The van der Waals surface area contributed by atoms with Crippen LogP contribution in [0.2, 0.25) is 0 Å². The number of hydrogen-bond acceptors (Lipinski definition) is 6. The number of halogens is 1. The molecule has 2 aromatic rings. The third-order valence-electron chi connectivity index (χ3n) is 3.19. The van der Waals surface area contributed by atoms with E-state index in [1.54, 1.807) is 24.3 Å². The molecule has 0 spiro atoms. The zero-order valence-corrected chi connectivity index (χ0v) is 14.9. The fourth-order valence-corrected chi connectivity index (χ4v) is 2.40. The number of carbonyl (C=O) groups is 1. The zero-order chi connectivity index (χ0) is 18.4. The number of benzene rings is 2. The van der Waals surface area contributed by atoms with Gasteiger partial charge in [0.2, 0.25) is 0 Å². The van der Waals surface area contributed by atoms with Gasteiger partial charge in [0.15, 0.2) is 11.5 Å². The van der Waals surface area contributed by atoms with E-state index in [4.69, 9.17) is 9.47 Å². The molecule has 0 heterocycles. The van der Waals surface area contributed by atoms with Gasteiger partial charge in [-0.3, -0.25) is 14.9 Å². The lowest BCUT2D eigenvalue weighted by atomic mass is 10.1. The van der Waals surface area contributed by atoms with Gasteiger partial charge < -0.3 is 9.47 Å². The first-order valence-corrected chi connectivity index (χ1v) is 7.75. The number of methoxy groups -OCH3 is 2. The maximum atomic E-state index is 12.0. The van der Waals surface area contributed by atoms with Crippen molar-refractivity contribution in [2.45, 2.75) is 0 Å². The van der Waals surface area contributed by atoms with Crippen molar-refractivity contribution in [2.75, 3.05) is 14.2 Å². The first kappa shape index (κ1) is 18.4. The molecular weight excluding hydrogens is 394 g/mol. The Balaban J connectivity index is 2.25. The van der Waals surface area contributed by atoms with E-state index < -0.39 is 10.8 Å². The summed E-state index contributed by atoms with van der Waals surface area (Å²) in [7, 11) is 2.80. The summed E-state index contributed by atoms with van der Waals surface area (Å²) in [6, 6.07) is 9.38. The molecule has 0 aliphatic rings. The Labute approximate surface area is 151 Å². The molecule has 0 unspecified atom stereocenters. The maximum absolute atomic E-state index is 12.0. The lowest BCUT2D eigenvalue weighted by Gasteiger charge is -2.08. The third kappa shape index (κ3) is 4.54. The Morgan fingerprint density at radius 3 is 2.52 bits per heavy atom. The summed E-state index contributed by atoms with van der Waals surface area (Å²) in [4.78, 5) is 22.6. The number of amides is 1. The minimum absolute atomic E-state index is 0.164. The van der Waals surface area contributed by atoms with Crippen LogP contribution >= 0.6 is 15.9 Å². The number of hydrogen-bond donors (Lipinski definition) is 1. The minimum atomic E-state index is -0.570. The van der Waals surface area contributed by atoms with Crippen molar-refractivity contribution in [3.05, 3.63) is 62.1 Å². The number of nitro benzene ring substituents is 1. The molecular formula is C16H14BrN3O5. The Bertz CT molecular complexity index is 839. The van der Waals surface area contributed by atoms with Crippen molar-refractivity contribution < 1.29 is 19.2 Å². The van der Waals surface area contributed by atoms with Crippen molar-refractivity contribution >= 4 is 33.7 Å². The van der Waals surface area contributed by atoms with Crippen molar-refractivity contribution in [3.63, 3.8) is 0 Å². The average molecular weight is 408 g/mol. The fraction of sp³-hybridized carbons (Fsp3) is 0.125. The van der Waals surface area contributed by atoms with Crippen molar-refractivity contribution in [1.29, 1.82) is 0 Å². The molecule has 0 aromatic heterocycles. The van der Waals surface area contributed by atoms with Crippen molar-refractivity contribution in [2.24, 2.45) is 5.10 Å². The number of ether oxygens (including phenoxy) is 2. The summed E-state index contributed by atoms with van der Waals surface area (Å²) >= 11 is 3.27. The molecule has 9 heteroatoms. The average Bonchev–Trinajstić information content (AvgIpc) is 2.60. The molecule has 0 bridgehead atoms. The van der Waals surface area contributed by atoms with Crippen LogP contribution in [-0.2, 0) is 0 Å². The van der Waals surface area contributed by atoms with Gasteiger partial charge in [-0.1, -0.05) is 22.0 Å². The lowest BCUT2D eigenvalue weighted by Crippen LogP contribution is -2.17. The molecule has 2 aromatic carbocycles. The molecule has 2 rings (SSSR count). The highest BCUT2D eigenvalue weighted by molar-refractivity contribution is 9.10.